The van der Waals surface area contributed by atoms with Gasteiger partial charge < -0.3 is 10.4 Å². The molecule has 0 aliphatic heterocycles. The number of benzene rings is 2. The van der Waals surface area contributed by atoms with Crippen molar-refractivity contribution in [3.05, 3.63) is 68.8 Å². The van der Waals surface area contributed by atoms with E-state index in [9.17, 15) is 14.7 Å². The molecule has 0 saturated carbocycles. The summed E-state index contributed by atoms with van der Waals surface area (Å²) in [6.07, 6.45) is 0. The van der Waals surface area contributed by atoms with E-state index >= 15 is 0 Å². The molecule has 25 heavy (non-hydrogen) atoms. The molecule has 1 heterocycles. The fraction of sp³-hybridized carbons (Fsp3) is 0.0556. The molecule has 0 aliphatic rings. The summed E-state index contributed by atoms with van der Waals surface area (Å²) in [5.41, 5.74) is 1.16. The molecule has 0 saturated heterocycles. The number of hydrogen-bond donors (Lipinski definition) is 2. The fourth-order valence-electron chi connectivity index (χ4n) is 2.61. The van der Waals surface area contributed by atoms with Gasteiger partial charge in [-0.2, -0.15) is 0 Å². The van der Waals surface area contributed by atoms with Crippen LogP contribution in [0.4, 0.5) is 5.69 Å². The first-order valence-electron chi connectivity index (χ1n) is 7.27. The summed E-state index contributed by atoms with van der Waals surface area (Å²) < 4.78 is 0.700. The van der Waals surface area contributed by atoms with E-state index in [1.165, 1.54) is 0 Å². The number of halogens is 2. The first-order chi connectivity index (χ1) is 11.9. The Kier molecular flexibility index (Phi) is 4.74. The monoisotopic (exact) mass is 418 g/mol. The van der Waals surface area contributed by atoms with E-state index in [0.717, 1.165) is 0 Å². The number of nitrogens with one attached hydrogen (secondary N) is 1. The smallest absolute Gasteiger partial charge is 0.337 e. The number of aromatic nitrogens is 1. The molecule has 0 atom stereocenters. The number of carbonyl (C=O) groups excluding carboxylic acids is 1. The maximum atomic E-state index is 12.8. The molecule has 126 valence electrons. The van der Waals surface area contributed by atoms with Gasteiger partial charge in [0, 0.05) is 9.86 Å². The molecule has 3 rings (SSSR count). The molecule has 7 heteroatoms. The molecule has 3 aromatic rings. The highest BCUT2D eigenvalue weighted by Gasteiger charge is 2.24. The van der Waals surface area contributed by atoms with E-state index in [0.29, 0.717) is 31.8 Å². The van der Waals surface area contributed by atoms with Crippen molar-refractivity contribution in [2.75, 3.05) is 5.32 Å². The lowest BCUT2D eigenvalue weighted by Gasteiger charge is -2.13. The largest absolute Gasteiger partial charge is 0.478 e. The topological polar surface area (TPSA) is 79.3 Å². The third-order valence-corrected chi connectivity index (χ3v) is 4.51. The van der Waals surface area contributed by atoms with Gasteiger partial charge >= 0.3 is 5.97 Å². The average molecular weight is 420 g/mol. The highest BCUT2D eigenvalue weighted by atomic mass is 79.9. The number of hydrogen-bond acceptors (Lipinski definition) is 3. The third kappa shape index (κ3) is 3.36. The summed E-state index contributed by atoms with van der Waals surface area (Å²) in [5, 5.41) is 13.1. The van der Waals surface area contributed by atoms with Gasteiger partial charge in [0.1, 0.15) is 0 Å². The minimum Gasteiger partial charge on any atom is -0.478 e. The number of aromatic carboxylic acids is 1. The molecule has 0 aliphatic carbocycles. The van der Waals surface area contributed by atoms with Crippen LogP contribution in [0.2, 0.25) is 5.02 Å². The minimum atomic E-state index is -1.20. The number of rotatable bonds is 3. The van der Waals surface area contributed by atoms with E-state index in [2.05, 4.69) is 26.2 Å². The molecule has 5 nitrogen and oxygen atoms in total. The summed E-state index contributed by atoms with van der Waals surface area (Å²) in [7, 11) is 0. The third-order valence-electron chi connectivity index (χ3n) is 3.69. The minimum absolute atomic E-state index is 0.0121. The zero-order valence-corrected chi connectivity index (χ0v) is 15.4. The van der Waals surface area contributed by atoms with Crippen LogP contribution < -0.4 is 5.32 Å². The maximum absolute atomic E-state index is 12.8. The summed E-state index contributed by atoms with van der Waals surface area (Å²) in [6.45, 7) is 1.61. The number of nitrogens with zero attached hydrogens (tertiary/aromatic N) is 1. The van der Waals surface area contributed by atoms with Gasteiger partial charge in [-0.15, -0.1) is 0 Å². The van der Waals surface area contributed by atoms with Crippen molar-refractivity contribution in [1.29, 1.82) is 0 Å². The summed E-state index contributed by atoms with van der Waals surface area (Å²) in [6, 6.07) is 11.8. The predicted octanol–water partition coefficient (Wildman–Crippen LogP) is 4.91. The predicted molar refractivity (Wildman–Crippen MR) is 101 cm³/mol. The lowest BCUT2D eigenvalue weighted by atomic mass is 10.00. The molecule has 0 spiro atoms. The molecular formula is C18H12BrClN2O3. The van der Waals surface area contributed by atoms with Gasteiger partial charge in [-0.05, 0) is 37.3 Å². The van der Waals surface area contributed by atoms with Crippen LogP contribution >= 0.6 is 27.5 Å². The molecule has 0 fully saturated rings. The Bertz CT molecular complexity index is 1020. The zero-order valence-electron chi connectivity index (χ0n) is 13.0. The Hall–Kier alpha value is -2.44. The van der Waals surface area contributed by atoms with Gasteiger partial charge in [-0.25, -0.2) is 4.79 Å². The number of carbonyl (C=O) groups is 2. The molecule has 0 radical (unpaired) electrons. The van der Waals surface area contributed by atoms with E-state index in [1.807, 2.05) is 0 Å². The van der Waals surface area contributed by atoms with Crippen molar-refractivity contribution < 1.29 is 14.7 Å². The van der Waals surface area contributed by atoms with Crippen molar-refractivity contribution in [2.45, 2.75) is 6.92 Å². The Morgan fingerprint density at radius 1 is 1.16 bits per heavy atom. The standard InChI is InChI=1S/C18H12BrClN2O3/c1-9-15(17(23)22-14-5-3-2-4-12(14)20)16(18(24)25)11-8-10(19)6-7-13(11)21-9/h2-8H,1H3,(H,22,23)(H,24,25). The molecular weight excluding hydrogens is 408 g/mol. The van der Waals surface area contributed by atoms with E-state index in [4.69, 9.17) is 11.6 Å². The number of amides is 1. The number of anilines is 1. The molecule has 2 aromatic carbocycles. The highest BCUT2D eigenvalue weighted by Crippen LogP contribution is 2.28. The van der Waals surface area contributed by atoms with Crippen LogP contribution in [0, 0.1) is 6.92 Å². The van der Waals surface area contributed by atoms with Crippen molar-refractivity contribution >= 4 is 56.0 Å². The van der Waals surface area contributed by atoms with Gasteiger partial charge in [0.05, 0.1) is 33.0 Å². The van der Waals surface area contributed by atoms with Gasteiger partial charge in [0.15, 0.2) is 0 Å². The fourth-order valence-corrected chi connectivity index (χ4v) is 3.15. The Morgan fingerprint density at radius 3 is 2.56 bits per heavy atom. The van der Waals surface area contributed by atoms with E-state index in [1.54, 1.807) is 49.4 Å². The Balaban J connectivity index is 2.19. The van der Waals surface area contributed by atoms with E-state index in [-0.39, 0.29) is 11.1 Å². The van der Waals surface area contributed by atoms with Gasteiger partial charge in [-0.3, -0.25) is 9.78 Å². The summed E-state index contributed by atoms with van der Waals surface area (Å²) in [5.74, 6) is -1.77. The molecule has 1 amide bonds. The zero-order chi connectivity index (χ0) is 18.1. The second kappa shape index (κ2) is 6.82. The highest BCUT2D eigenvalue weighted by molar-refractivity contribution is 9.10. The van der Waals surface area contributed by atoms with Gasteiger partial charge in [-0.1, -0.05) is 39.7 Å². The van der Waals surface area contributed by atoms with Gasteiger partial charge in [0.2, 0.25) is 0 Å². The number of aryl methyl sites for hydroxylation is 1. The number of carboxylic acid groups (broad SMARTS) is 1. The normalized spacial score (nSPS) is 10.7. The van der Waals surface area contributed by atoms with Crippen LogP contribution in [0.15, 0.2) is 46.9 Å². The first-order valence-corrected chi connectivity index (χ1v) is 8.44. The van der Waals surface area contributed by atoms with Crippen LogP contribution in [-0.4, -0.2) is 22.0 Å². The van der Waals surface area contributed by atoms with Crippen molar-refractivity contribution in [3.63, 3.8) is 0 Å². The molecule has 2 N–H and O–H groups in total. The average Bonchev–Trinajstić information content (AvgIpc) is 2.55. The van der Waals surface area contributed by atoms with Crippen LogP contribution in [0.5, 0.6) is 0 Å². The number of fused-ring (bicyclic) bond motifs is 1. The van der Waals surface area contributed by atoms with Crippen molar-refractivity contribution in [1.82, 2.24) is 4.98 Å². The van der Waals surface area contributed by atoms with E-state index < -0.39 is 11.9 Å². The van der Waals surface area contributed by atoms with Crippen LogP contribution in [0.1, 0.15) is 26.4 Å². The molecule has 0 bridgehead atoms. The lowest BCUT2D eigenvalue weighted by Crippen LogP contribution is -2.19. The van der Waals surface area contributed by atoms with Gasteiger partial charge in [0.25, 0.3) is 5.91 Å². The van der Waals surface area contributed by atoms with Crippen LogP contribution in [-0.2, 0) is 0 Å². The van der Waals surface area contributed by atoms with Crippen molar-refractivity contribution in [2.24, 2.45) is 0 Å². The second-order valence-corrected chi connectivity index (χ2v) is 6.67. The summed E-state index contributed by atoms with van der Waals surface area (Å²) >= 11 is 9.38. The first kappa shape index (κ1) is 17.4. The molecule has 1 aromatic heterocycles. The number of carboxylic acids is 1. The molecule has 0 unspecified atom stereocenters. The van der Waals surface area contributed by atoms with Crippen molar-refractivity contribution in [3.8, 4) is 0 Å². The quantitative estimate of drug-likeness (QED) is 0.632. The lowest BCUT2D eigenvalue weighted by molar-refractivity contribution is 0.0694. The maximum Gasteiger partial charge on any atom is 0.337 e. The van der Waals surface area contributed by atoms with Crippen LogP contribution in [0.25, 0.3) is 10.9 Å². The Labute approximate surface area is 156 Å². The Morgan fingerprint density at radius 2 is 1.88 bits per heavy atom. The number of pyridine rings is 1. The summed E-state index contributed by atoms with van der Waals surface area (Å²) in [4.78, 5) is 29.0. The number of para-hydroxylation sites is 1. The SMILES string of the molecule is Cc1nc2ccc(Br)cc2c(C(=O)O)c1C(=O)Nc1ccccc1Cl. The second-order valence-electron chi connectivity index (χ2n) is 5.35. The van der Waals surface area contributed by atoms with Crippen LogP contribution in [0.3, 0.4) is 0 Å².